The molecular formula is C23H31ClN4. The molecule has 0 bridgehead atoms. The summed E-state index contributed by atoms with van der Waals surface area (Å²) in [6.07, 6.45) is 1.84. The normalized spacial score (nSPS) is 11.4. The minimum atomic E-state index is 0.427. The van der Waals surface area contributed by atoms with Gasteiger partial charge in [-0.15, -0.1) is 0 Å². The molecular weight excluding hydrogens is 368 g/mol. The SMILES string of the molecule is CCc1cc(Cl)cc(CC)c1Nc1nc2cccc(N(CC)C(C)C)c2n1C. The van der Waals surface area contributed by atoms with Crippen molar-refractivity contribution >= 4 is 40.0 Å². The van der Waals surface area contributed by atoms with Gasteiger partial charge in [-0.25, -0.2) is 4.98 Å². The van der Waals surface area contributed by atoms with E-state index in [0.717, 1.165) is 47.1 Å². The Labute approximate surface area is 173 Å². The van der Waals surface area contributed by atoms with E-state index in [0.29, 0.717) is 6.04 Å². The molecule has 0 saturated heterocycles. The van der Waals surface area contributed by atoms with Crippen molar-refractivity contribution < 1.29 is 0 Å². The van der Waals surface area contributed by atoms with E-state index in [9.17, 15) is 0 Å². The van der Waals surface area contributed by atoms with Crippen molar-refractivity contribution in [3.8, 4) is 0 Å². The zero-order valence-corrected chi connectivity index (χ0v) is 18.6. The molecule has 0 fully saturated rings. The molecule has 0 unspecified atom stereocenters. The minimum Gasteiger partial charge on any atom is -0.368 e. The van der Waals surface area contributed by atoms with Crippen LogP contribution in [0.25, 0.3) is 11.0 Å². The van der Waals surface area contributed by atoms with Gasteiger partial charge < -0.3 is 14.8 Å². The topological polar surface area (TPSA) is 33.1 Å². The molecule has 28 heavy (non-hydrogen) atoms. The van der Waals surface area contributed by atoms with E-state index in [2.05, 4.69) is 86.8 Å². The zero-order valence-electron chi connectivity index (χ0n) is 17.8. The molecule has 0 amide bonds. The van der Waals surface area contributed by atoms with Crippen LogP contribution in [-0.2, 0) is 19.9 Å². The Morgan fingerprint density at radius 2 is 1.75 bits per heavy atom. The van der Waals surface area contributed by atoms with Gasteiger partial charge in [0.05, 0.1) is 16.7 Å². The number of halogens is 1. The molecule has 0 aliphatic heterocycles. The first-order valence-corrected chi connectivity index (χ1v) is 10.6. The molecule has 3 rings (SSSR count). The van der Waals surface area contributed by atoms with E-state index in [-0.39, 0.29) is 0 Å². The molecule has 1 heterocycles. The summed E-state index contributed by atoms with van der Waals surface area (Å²) in [4.78, 5) is 7.32. The van der Waals surface area contributed by atoms with Crippen LogP contribution in [0.4, 0.5) is 17.3 Å². The Morgan fingerprint density at radius 3 is 2.29 bits per heavy atom. The number of aryl methyl sites for hydroxylation is 3. The number of hydrogen-bond donors (Lipinski definition) is 1. The maximum atomic E-state index is 6.33. The zero-order chi connectivity index (χ0) is 20.4. The molecule has 0 atom stereocenters. The molecule has 0 saturated carbocycles. The Kier molecular flexibility index (Phi) is 6.19. The van der Waals surface area contributed by atoms with Crippen LogP contribution >= 0.6 is 11.6 Å². The van der Waals surface area contributed by atoms with Gasteiger partial charge in [-0.05, 0) is 69.0 Å². The van der Waals surface area contributed by atoms with Crippen LogP contribution < -0.4 is 10.2 Å². The molecule has 1 aromatic heterocycles. The van der Waals surface area contributed by atoms with Gasteiger partial charge in [0.15, 0.2) is 0 Å². The van der Waals surface area contributed by atoms with Crippen molar-refractivity contribution in [1.29, 1.82) is 0 Å². The Balaban J connectivity index is 2.13. The first-order chi connectivity index (χ1) is 13.4. The highest BCUT2D eigenvalue weighted by Gasteiger charge is 2.18. The molecule has 2 aromatic carbocycles. The van der Waals surface area contributed by atoms with E-state index in [1.807, 2.05) is 0 Å². The number of nitrogens with one attached hydrogen (secondary N) is 1. The summed E-state index contributed by atoms with van der Waals surface area (Å²) in [5.74, 6) is 0.856. The lowest BCUT2D eigenvalue weighted by molar-refractivity contribution is 0.704. The Bertz CT molecular complexity index is 949. The maximum Gasteiger partial charge on any atom is 0.208 e. The highest BCUT2D eigenvalue weighted by molar-refractivity contribution is 6.30. The lowest BCUT2D eigenvalue weighted by atomic mass is 10.0. The summed E-state index contributed by atoms with van der Waals surface area (Å²) in [6, 6.07) is 10.9. The molecule has 0 aliphatic rings. The fourth-order valence-corrected chi connectivity index (χ4v) is 4.22. The second kappa shape index (κ2) is 8.44. The second-order valence-electron chi connectivity index (χ2n) is 7.45. The smallest absolute Gasteiger partial charge is 0.208 e. The molecule has 150 valence electrons. The van der Waals surface area contributed by atoms with Crippen molar-refractivity contribution in [2.75, 3.05) is 16.8 Å². The average molecular weight is 399 g/mol. The van der Waals surface area contributed by atoms with E-state index in [4.69, 9.17) is 16.6 Å². The van der Waals surface area contributed by atoms with Gasteiger partial charge in [0, 0.05) is 30.3 Å². The first kappa shape index (κ1) is 20.5. The van der Waals surface area contributed by atoms with Gasteiger partial charge >= 0.3 is 0 Å². The summed E-state index contributed by atoms with van der Waals surface area (Å²) in [5.41, 5.74) is 6.95. The quantitative estimate of drug-likeness (QED) is 0.504. The molecule has 0 radical (unpaired) electrons. The third-order valence-electron chi connectivity index (χ3n) is 5.41. The van der Waals surface area contributed by atoms with Crippen LogP contribution in [-0.4, -0.2) is 22.1 Å². The fourth-order valence-electron chi connectivity index (χ4n) is 3.96. The van der Waals surface area contributed by atoms with Gasteiger partial charge in [-0.2, -0.15) is 0 Å². The summed E-state index contributed by atoms with van der Waals surface area (Å²) in [7, 11) is 2.09. The minimum absolute atomic E-state index is 0.427. The average Bonchev–Trinajstić information content (AvgIpc) is 2.99. The first-order valence-electron chi connectivity index (χ1n) is 10.2. The van der Waals surface area contributed by atoms with Crippen LogP contribution in [0.15, 0.2) is 30.3 Å². The Morgan fingerprint density at radius 1 is 1.11 bits per heavy atom. The molecule has 5 heteroatoms. The van der Waals surface area contributed by atoms with Crippen molar-refractivity contribution in [2.24, 2.45) is 7.05 Å². The predicted molar refractivity (Wildman–Crippen MR) is 122 cm³/mol. The number of hydrogen-bond acceptors (Lipinski definition) is 3. The van der Waals surface area contributed by atoms with E-state index >= 15 is 0 Å². The summed E-state index contributed by atoms with van der Waals surface area (Å²) >= 11 is 6.33. The van der Waals surface area contributed by atoms with E-state index < -0.39 is 0 Å². The number of aromatic nitrogens is 2. The van der Waals surface area contributed by atoms with Gasteiger partial charge in [0.2, 0.25) is 5.95 Å². The molecule has 4 nitrogen and oxygen atoms in total. The van der Waals surface area contributed by atoms with E-state index in [1.54, 1.807) is 0 Å². The van der Waals surface area contributed by atoms with Gasteiger partial charge in [-0.3, -0.25) is 0 Å². The predicted octanol–water partition coefficient (Wildman–Crippen LogP) is 6.33. The molecule has 0 aliphatic carbocycles. The van der Waals surface area contributed by atoms with E-state index in [1.165, 1.54) is 16.8 Å². The second-order valence-corrected chi connectivity index (χ2v) is 7.89. The number of anilines is 3. The summed E-state index contributed by atoms with van der Waals surface area (Å²) in [6.45, 7) is 11.9. The van der Waals surface area contributed by atoms with Gasteiger partial charge in [0.25, 0.3) is 0 Å². The summed E-state index contributed by atoms with van der Waals surface area (Å²) in [5, 5.41) is 4.41. The van der Waals surface area contributed by atoms with Crippen molar-refractivity contribution in [3.63, 3.8) is 0 Å². The highest BCUT2D eigenvalue weighted by Crippen LogP contribution is 2.34. The van der Waals surface area contributed by atoms with Crippen molar-refractivity contribution in [1.82, 2.24) is 9.55 Å². The van der Waals surface area contributed by atoms with Crippen LogP contribution in [0.5, 0.6) is 0 Å². The van der Waals surface area contributed by atoms with Crippen molar-refractivity contribution in [2.45, 2.75) is 53.5 Å². The lowest BCUT2D eigenvalue weighted by Gasteiger charge is -2.28. The third-order valence-corrected chi connectivity index (χ3v) is 5.63. The highest BCUT2D eigenvalue weighted by atomic mass is 35.5. The lowest BCUT2D eigenvalue weighted by Crippen LogP contribution is -2.30. The van der Waals surface area contributed by atoms with Gasteiger partial charge in [0.1, 0.15) is 0 Å². The largest absolute Gasteiger partial charge is 0.368 e. The fraction of sp³-hybridized carbons (Fsp3) is 0.435. The molecule has 1 N–H and O–H groups in total. The van der Waals surface area contributed by atoms with Crippen LogP contribution in [0, 0.1) is 0 Å². The number of imidazole rings is 1. The van der Waals surface area contributed by atoms with Crippen LogP contribution in [0.1, 0.15) is 45.7 Å². The summed E-state index contributed by atoms with van der Waals surface area (Å²) < 4.78 is 2.17. The monoisotopic (exact) mass is 398 g/mol. The van der Waals surface area contributed by atoms with Crippen LogP contribution in [0.2, 0.25) is 5.02 Å². The third kappa shape index (κ3) is 3.70. The number of para-hydroxylation sites is 1. The van der Waals surface area contributed by atoms with Crippen LogP contribution in [0.3, 0.4) is 0 Å². The number of nitrogens with zero attached hydrogens (tertiary/aromatic N) is 3. The number of rotatable bonds is 7. The number of fused-ring (bicyclic) bond motifs is 1. The standard InChI is InChI=1S/C23H31ClN4/c1-7-16-13-18(24)14-17(8-2)21(16)26-23-25-19-11-10-12-20(22(19)27(23)6)28(9-3)15(4)5/h10-15H,7-9H2,1-6H3,(H,25,26). The number of benzene rings is 2. The van der Waals surface area contributed by atoms with Crippen molar-refractivity contribution in [3.05, 3.63) is 46.5 Å². The molecule has 3 aromatic rings. The maximum absolute atomic E-state index is 6.33. The Hall–Kier alpha value is -2.20. The molecule has 0 spiro atoms. The van der Waals surface area contributed by atoms with Gasteiger partial charge in [-0.1, -0.05) is 31.5 Å².